The van der Waals surface area contributed by atoms with Crippen molar-refractivity contribution in [3.05, 3.63) is 35.1 Å². The van der Waals surface area contributed by atoms with Crippen molar-refractivity contribution in [2.75, 3.05) is 13.1 Å². The number of aryl methyl sites for hydroxylation is 1. The van der Waals surface area contributed by atoms with E-state index in [1.165, 1.54) is 18.9 Å². The van der Waals surface area contributed by atoms with Crippen molar-refractivity contribution in [2.24, 2.45) is 0 Å². The molecule has 1 aliphatic heterocycles. The molecule has 1 spiro atoms. The van der Waals surface area contributed by atoms with Crippen LogP contribution in [0.3, 0.4) is 0 Å². The second-order valence-electron chi connectivity index (χ2n) is 5.63. The molecule has 1 aliphatic carbocycles. The molecule has 0 aromatic heterocycles. The lowest BCUT2D eigenvalue weighted by molar-refractivity contribution is -0.114. The molecule has 1 N–H and O–H groups in total. The molecule has 1 aromatic rings. The third kappa shape index (κ3) is 2.17. The van der Waals surface area contributed by atoms with Crippen molar-refractivity contribution >= 4 is 0 Å². The Hall–Kier alpha value is -0.930. The highest BCUT2D eigenvalue weighted by atomic mass is 19.1. The fraction of sp³-hybridized carbons (Fsp3) is 0.600. The highest BCUT2D eigenvalue weighted by molar-refractivity contribution is 5.29. The van der Waals surface area contributed by atoms with Crippen LogP contribution < -0.4 is 5.32 Å². The Kier molecular flexibility index (Phi) is 3.12. The summed E-state index contributed by atoms with van der Waals surface area (Å²) in [5.41, 5.74) is 2.11. The number of benzene rings is 1. The maximum absolute atomic E-state index is 13.4. The molecule has 1 aromatic carbocycles. The van der Waals surface area contributed by atoms with Gasteiger partial charge < -0.3 is 10.1 Å². The highest BCUT2D eigenvalue weighted by Gasteiger charge is 2.40. The first-order valence-corrected chi connectivity index (χ1v) is 6.83. The lowest BCUT2D eigenvalue weighted by Gasteiger charge is -2.40. The van der Waals surface area contributed by atoms with Gasteiger partial charge in [-0.25, -0.2) is 4.39 Å². The molecule has 98 valence electrons. The number of halogens is 1. The summed E-state index contributed by atoms with van der Waals surface area (Å²) < 4.78 is 19.7. The first-order chi connectivity index (χ1) is 8.69. The summed E-state index contributed by atoms with van der Waals surface area (Å²) in [7, 11) is 0. The van der Waals surface area contributed by atoms with Gasteiger partial charge >= 0.3 is 0 Å². The molecule has 0 radical (unpaired) electrons. The van der Waals surface area contributed by atoms with E-state index < -0.39 is 0 Å². The maximum Gasteiger partial charge on any atom is 0.123 e. The molecule has 2 nitrogen and oxygen atoms in total. The van der Waals surface area contributed by atoms with E-state index in [9.17, 15) is 4.39 Å². The van der Waals surface area contributed by atoms with Crippen LogP contribution in [0.4, 0.5) is 4.39 Å². The number of ether oxygens (including phenoxy) is 1. The molecule has 2 aliphatic rings. The van der Waals surface area contributed by atoms with Crippen LogP contribution in [0.5, 0.6) is 0 Å². The first kappa shape index (κ1) is 12.1. The van der Waals surface area contributed by atoms with Crippen LogP contribution in [-0.4, -0.2) is 18.7 Å². The normalized spacial score (nSPS) is 26.7. The van der Waals surface area contributed by atoms with Gasteiger partial charge in [0.2, 0.25) is 0 Å². The Bertz CT molecular complexity index is 440. The number of morpholine rings is 1. The third-order valence-corrected chi connectivity index (χ3v) is 4.27. The summed E-state index contributed by atoms with van der Waals surface area (Å²) in [6, 6.07) is 4.97. The van der Waals surface area contributed by atoms with Crippen molar-refractivity contribution in [2.45, 2.75) is 44.3 Å². The standard InChI is InChI=1S/C15H20FNO/c1-11-4-5-12(16)8-13(11)14-9-17-10-15(18-14)6-2-3-7-15/h4-5,8,14,17H,2-3,6-7,9-10H2,1H3. The summed E-state index contributed by atoms with van der Waals surface area (Å²) in [5, 5.41) is 3.47. The van der Waals surface area contributed by atoms with Gasteiger partial charge in [0, 0.05) is 13.1 Å². The molecule has 2 fully saturated rings. The molecule has 3 heteroatoms. The molecule has 1 atom stereocenters. The van der Waals surface area contributed by atoms with Crippen LogP contribution in [0.15, 0.2) is 18.2 Å². The SMILES string of the molecule is Cc1ccc(F)cc1C1CNCC2(CCCC2)O1. The van der Waals surface area contributed by atoms with Crippen molar-refractivity contribution in [1.82, 2.24) is 5.32 Å². The van der Waals surface area contributed by atoms with Gasteiger partial charge in [0.05, 0.1) is 11.7 Å². The van der Waals surface area contributed by atoms with Gasteiger partial charge in [0.15, 0.2) is 0 Å². The minimum atomic E-state index is -0.176. The Labute approximate surface area is 108 Å². The van der Waals surface area contributed by atoms with E-state index in [1.807, 2.05) is 13.0 Å². The summed E-state index contributed by atoms with van der Waals surface area (Å²) in [6.07, 6.45) is 4.75. The van der Waals surface area contributed by atoms with E-state index in [2.05, 4.69) is 5.32 Å². The van der Waals surface area contributed by atoms with Crippen LogP contribution >= 0.6 is 0 Å². The van der Waals surface area contributed by atoms with Crippen molar-refractivity contribution < 1.29 is 9.13 Å². The second kappa shape index (κ2) is 4.63. The lowest BCUT2D eigenvalue weighted by atomic mass is 9.96. The average Bonchev–Trinajstić information content (AvgIpc) is 2.80. The average molecular weight is 249 g/mol. The van der Waals surface area contributed by atoms with Gasteiger partial charge in [-0.05, 0) is 43.0 Å². The smallest absolute Gasteiger partial charge is 0.123 e. The molecule has 0 amide bonds. The molecular weight excluding hydrogens is 229 g/mol. The van der Waals surface area contributed by atoms with E-state index in [4.69, 9.17) is 4.74 Å². The Morgan fingerprint density at radius 2 is 2.11 bits per heavy atom. The molecule has 3 rings (SSSR count). The minimum Gasteiger partial charge on any atom is -0.364 e. The fourth-order valence-corrected chi connectivity index (χ4v) is 3.26. The number of hydrogen-bond acceptors (Lipinski definition) is 2. The number of rotatable bonds is 1. The van der Waals surface area contributed by atoms with Crippen LogP contribution in [0.1, 0.15) is 42.9 Å². The van der Waals surface area contributed by atoms with E-state index >= 15 is 0 Å². The van der Waals surface area contributed by atoms with Crippen molar-refractivity contribution in [1.29, 1.82) is 0 Å². The topological polar surface area (TPSA) is 21.3 Å². The first-order valence-electron chi connectivity index (χ1n) is 6.83. The van der Waals surface area contributed by atoms with E-state index in [0.717, 1.165) is 37.1 Å². The highest BCUT2D eigenvalue weighted by Crippen LogP contribution is 2.39. The second-order valence-corrected chi connectivity index (χ2v) is 5.63. The van der Waals surface area contributed by atoms with E-state index in [1.54, 1.807) is 6.07 Å². The molecular formula is C15H20FNO. The molecule has 1 heterocycles. The summed E-state index contributed by atoms with van der Waals surface area (Å²) in [5.74, 6) is -0.176. The van der Waals surface area contributed by atoms with Crippen LogP contribution in [0.25, 0.3) is 0 Å². The Morgan fingerprint density at radius 1 is 1.33 bits per heavy atom. The number of hydrogen-bond donors (Lipinski definition) is 1. The predicted molar refractivity (Wildman–Crippen MR) is 69.0 cm³/mol. The van der Waals surface area contributed by atoms with Crippen molar-refractivity contribution in [3.63, 3.8) is 0 Å². The zero-order valence-corrected chi connectivity index (χ0v) is 10.8. The zero-order chi connectivity index (χ0) is 12.6. The van der Waals surface area contributed by atoms with Gasteiger partial charge in [-0.3, -0.25) is 0 Å². The van der Waals surface area contributed by atoms with Gasteiger partial charge in [-0.1, -0.05) is 18.9 Å². The summed E-state index contributed by atoms with van der Waals surface area (Å²) >= 11 is 0. The Morgan fingerprint density at radius 3 is 2.89 bits per heavy atom. The van der Waals surface area contributed by atoms with E-state index in [0.29, 0.717) is 0 Å². The maximum atomic E-state index is 13.4. The largest absolute Gasteiger partial charge is 0.364 e. The van der Waals surface area contributed by atoms with Crippen molar-refractivity contribution in [3.8, 4) is 0 Å². The molecule has 18 heavy (non-hydrogen) atoms. The molecule has 1 saturated heterocycles. The molecule has 1 saturated carbocycles. The Balaban J connectivity index is 1.85. The van der Waals surface area contributed by atoms with Crippen LogP contribution in [0, 0.1) is 12.7 Å². The number of nitrogens with one attached hydrogen (secondary N) is 1. The van der Waals surface area contributed by atoms with Gasteiger partial charge in [-0.2, -0.15) is 0 Å². The molecule has 0 bridgehead atoms. The lowest BCUT2D eigenvalue weighted by Crippen LogP contribution is -2.49. The third-order valence-electron chi connectivity index (χ3n) is 4.27. The summed E-state index contributed by atoms with van der Waals surface area (Å²) in [6.45, 7) is 3.75. The molecule has 1 unspecified atom stereocenters. The van der Waals surface area contributed by atoms with Gasteiger partial charge in [-0.15, -0.1) is 0 Å². The monoisotopic (exact) mass is 249 g/mol. The minimum absolute atomic E-state index is 0.00166. The zero-order valence-electron chi connectivity index (χ0n) is 10.8. The fourth-order valence-electron chi connectivity index (χ4n) is 3.26. The predicted octanol–water partition coefficient (Wildman–Crippen LogP) is 3.11. The van der Waals surface area contributed by atoms with Gasteiger partial charge in [0.25, 0.3) is 0 Å². The summed E-state index contributed by atoms with van der Waals surface area (Å²) in [4.78, 5) is 0. The quantitative estimate of drug-likeness (QED) is 0.825. The van der Waals surface area contributed by atoms with Crippen LogP contribution in [-0.2, 0) is 4.74 Å². The van der Waals surface area contributed by atoms with E-state index in [-0.39, 0.29) is 17.5 Å². The van der Waals surface area contributed by atoms with Gasteiger partial charge in [0.1, 0.15) is 5.82 Å². The van der Waals surface area contributed by atoms with Crippen LogP contribution in [0.2, 0.25) is 0 Å².